The number of carbonyl (C=O) groups excluding carboxylic acids is 1. The Hall–Kier alpha value is -1.10. The van der Waals surface area contributed by atoms with Crippen molar-refractivity contribution < 1.29 is 9.53 Å². The molecule has 0 fully saturated rings. The van der Waals surface area contributed by atoms with Crippen molar-refractivity contribution in [3.63, 3.8) is 0 Å². The van der Waals surface area contributed by atoms with Crippen molar-refractivity contribution in [3.05, 3.63) is 35.9 Å². The van der Waals surface area contributed by atoms with Gasteiger partial charge in [0.15, 0.2) is 0 Å². The quantitative estimate of drug-likeness (QED) is 0.724. The van der Waals surface area contributed by atoms with Gasteiger partial charge in [-0.1, -0.05) is 37.3 Å². The molecule has 3 N–H and O–H groups in total. The topological polar surface area (TPSA) is 64.3 Å². The van der Waals surface area contributed by atoms with E-state index in [1.807, 2.05) is 44.2 Å². The average molecular weight is 301 g/mol. The fourth-order valence-electron chi connectivity index (χ4n) is 1.82. The molecule has 2 atom stereocenters. The maximum Gasteiger partial charge on any atom is 0.224 e. The van der Waals surface area contributed by atoms with Gasteiger partial charge in [-0.25, -0.2) is 0 Å². The number of halogens is 1. The number of hydrogen-bond acceptors (Lipinski definition) is 3. The van der Waals surface area contributed by atoms with Crippen molar-refractivity contribution in [1.29, 1.82) is 0 Å². The van der Waals surface area contributed by atoms with Crippen LogP contribution < -0.4 is 11.1 Å². The van der Waals surface area contributed by atoms with Crippen LogP contribution in [0.3, 0.4) is 0 Å². The molecule has 20 heavy (non-hydrogen) atoms. The molecule has 0 heterocycles. The summed E-state index contributed by atoms with van der Waals surface area (Å²) in [6, 6.07) is 9.43. The Morgan fingerprint density at radius 2 is 2.00 bits per heavy atom. The van der Waals surface area contributed by atoms with Crippen LogP contribution in [-0.4, -0.2) is 25.7 Å². The fourth-order valence-corrected chi connectivity index (χ4v) is 1.82. The zero-order chi connectivity index (χ0) is 14.1. The summed E-state index contributed by atoms with van der Waals surface area (Å²) in [4.78, 5) is 12.0. The van der Waals surface area contributed by atoms with Crippen LogP contribution in [0, 0.1) is 5.92 Å². The second-order valence-electron chi connectivity index (χ2n) is 4.57. The van der Waals surface area contributed by atoms with E-state index < -0.39 is 0 Å². The van der Waals surface area contributed by atoms with Gasteiger partial charge in [-0.2, -0.15) is 0 Å². The first kappa shape index (κ1) is 18.9. The minimum absolute atomic E-state index is 0. The van der Waals surface area contributed by atoms with Crippen LogP contribution in [0.4, 0.5) is 0 Å². The average Bonchev–Trinajstić information content (AvgIpc) is 2.46. The number of amides is 1. The number of rotatable bonds is 8. The van der Waals surface area contributed by atoms with E-state index in [0.717, 1.165) is 12.0 Å². The van der Waals surface area contributed by atoms with Crippen molar-refractivity contribution in [2.45, 2.75) is 26.3 Å². The molecule has 0 saturated carbocycles. The number of carbonyl (C=O) groups is 1. The van der Waals surface area contributed by atoms with E-state index >= 15 is 0 Å². The van der Waals surface area contributed by atoms with Crippen molar-refractivity contribution in [2.75, 3.05) is 19.8 Å². The molecule has 1 rings (SSSR count). The summed E-state index contributed by atoms with van der Waals surface area (Å²) in [5.41, 5.74) is 7.09. The maximum atomic E-state index is 12.0. The number of nitrogens with one attached hydrogen (secondary N) is 1. The molecular formula is C15H25ClN2O2. The van der Waals surface area contributed by atoms with E-state index in [-0.39, 0.29) is 30.3 Å². The molecule has 2 unspecified atom stereocenters. The molecule has 0 radical (unpaired) electrons. The summed E-state index contributed by atoms with van der Waals surface area (Å²) in [7, 11) is 0. The van der Waals surface area contributed by atoms with Gasteiger partial charge in [0.25, 0.3) is 0 Å². The predicted molar refractivity (Wildman–Crippen MR) is 83.9 cm³/mol. The molecule has 0 aliphatic heterocycles. The Balaban J connectivity index is 0.00000361. The Kier molecular flexibility index (Phi) is 10.1. The van der Waals surface area contributed by atoms with Crippen molar-refractivity contribution in [2.24, 2.45) is 11.7 Å². The highest BCUT2D eigenvalue weighted by atomic mass is 35.5. The molecule has 1 aromatic carbocycles. The van der Waals surface area contributed by atoms with Gasteiger partial charge in [0, 0.05) is 25.8 Å². The summed E-state index contributed by atoms with van der Waals surface area (Å²) < 4.78 is 5.22. The van der Waals surface area contributed by atoms with Crippen LogP contribution in [0.2, 0.25) is 0 Å². The molecule has 114 valence electrons. The lowest BCUT2D eigenvalue weighted by Gasteiger charge is -2.19. The molecule has 0 spiro atoms. The highest BCUT2D eigenvalue weighted by Crippen LogP contribution is 2.18. The highest BCUT2D eigenvalue weighted by Gasteiger charge is 2.21. The van der Waals surface area contributed by atoms with Crippen LogP contribution in [0.5, 0.6) is 0 Å². The molecular weight excluding hydrogens is 276 g/mol. The van der Waals surface area contributed by atoms with Gasteiger partial charge < -0.3 is 15.8 Å². The normalized spacial score (nSPS) is 13.2. The number of ether oxygens (including phenoxy) is 1. The van der Waals surface area contributed by atoms with Gasteiger partial charge in [-0.15, -0.1) is 12.4 Å². The monoisotopic (exact) mass is 300 g/mol. The maximum absolute atomic E-state index is 12.0. The SMILES string of the molecule is CCOCCCNC(=O)C(C)C(N)c1ccccc1.Cl. The summed E-state index contributed by atoms with van der Waals surface area (Å²) >= 11 is 0. The number of hydrogen-bond donors (Lipinski definition) is 2. The lowest BCUT2D eigenvalue weighted by Crippen LogP contribution is -2.36. The van der Waals surface area contributed by atoms with Gasteiger partial charge >= 0.3 is 0 Å². The van der Waals surface area contributed by atoms with Crippen molar-refractivity contribution in [1.82, 2.24) is 5.32 Å². The molecule has 0 aliphatic carbocycles. The molecule has 4 nitrogen and oxygen atoms in total. The third-order valence-corrected chi connectivity index (χ3v) is 3.11. The largest absolute Gasteiger partial charge is 0.382 e. The summed E-state index contributed by atoms with van der Waals surface area (Å²) in [6.07, 6.45) is 0.826. The van der Waals surface area contributed by atoms with Crippen LogP contribution in [0.1, 0.15) is 31.9 Å². The van der Waals surface area contributed by atoms with Crippen LogP contribution in [0.15, 0.2) is 30.3 Å². The first-order valence-corrected chi connectivity index (χ1v) is 6.82. The van der Waals surface area contributed by atoms with Crippen LogP contribution in [0.25, 0.3) is 0 Å². The van der Waals surface area contributed by atoms with Crippen LogP contribution in [-0.2, 0) is 9.53 Å². The number of nitrogens with two attached hydrogens (primary N) is 1. The van der Waals surface area contributed by atoms with Gasteiger partial charge in [0.1, 0.15) is 0 Å². The summed E-state index contributed by atoms with van der Waals surface area (Å²) in [5, 5.41) is 2.89. The van der Waals surface area contributed by atoms with E-state index in [4.69, 9.17) is 10.5 Å². The first-order chi connectivity index (χ1) is 9.16. The zero-order valence-electron chi connectivity index (χ0n) is 12.2. The minimum atomic E-state index is -0.270. The molecule has 1 amide bonds. The smallest absolute Gasteiger partial charge is 0.224 e. The van der Waals surface area contributed by atoms with E-state index in [1.54, 1.807) is 0 Å². The van der Waals surface area contributed by atoms with Gasteiger partial charge in [0.2, 0.25) is 5.91 Å². The summed E-state index contributed by atoms with van der Waals surface area (Å²) in [5.74, 6) is -0.248. The number of benzene rings is 1. The lowest BCUT2D eigenvalue weighted by atomic mass is 9.95. The van der Waals surface area contributed by atoms with E-state index in [1.165, 1.54) is 0 Å². The molecule has 0 aliphatic rings. The standard InChI is InChI=1S/C15H24N2O2.ClH/c1-3-19-11-7-10-17-15(18)12(2)14(16)13-8-5-4-6-9-13;/h4-6,8-9,12,14H,3,7,10-11,16H2,1-2H3,(H,17,18);1H. The molecule has 1 aromatic rings. The third kappa shape index (κ3) is 6.37. The second kappa shape index (κ2) is 10.7. The lowest BCUT2D eigenvalue weighted by molar-refractivity contribution is -0.125. The second-order valence-corrected chi connectivity index (χ2v) is 4.57. The Morgan fingerprint density at radius 1 is 1.35 bits per heavy atom. The van der Waals surface area contributed by atoms with Crippen molar-refractivity contribution >= 4 is 18.3 Å². The van der Waals surface area contributed by atoms with Crippen LogP contribution >= 0.6 is 12.4 Å². The van der Waals surface area contributed by atoms with E-state index in [9.17, 15) is 4.79 Å². The van der Waals surface area contributed by atoms with E-state index in [2.05, 4.69) is 5.32 Å². The highest BCUT2D eigenvalue weighted by molar-refractivity contribution is 5.85. The molecule has 5 heteroatoms. The fraction of sp³-hybridized carbons (Fsp3) is 0.533. The first-order valence-electron chi connectivity index (χ1n) is 6.82. The Morgan fingerprint density at radius 3 is 2.60 bits per heavy atom. The minimum Gasteiger partial charge on any atom is -0.382 e. The van der Waals surface area contributed by atoms with Gasteiger partial charge in [-0.05, 0) is 18.9 Å². The Bertz CT molecular complexity index is 373. The molecule has 0 saturated heterocycles. The molecule has 0 bridgehead atoms. The van der Waals surface area contributed by atoms with Crippen molar-refractivity contribution in [3.8, 4) is 0 Å². The van der Waals surface area contributed by atoms with Gasteiger partial charge in [-0.3, -0.25) is 4.79 Å². The third-order valence-electron chi connectivity index (χ3n) is 3.11. The van der Waals surface area contributed by atoms with E-state index in [0.29, 0.717) is 19.8 Å². The van der Waals surface area contributed by atoms with Gasteiger partial charge in [0.05, 0.1) is 5.92 Å². The summed E-state index contributed by atoms with van der Waals surface area (Å²) in [6.45, 7) is 5.83. The predicted octanol–water partition coefficient (Wildman–Crippen LogP) is 2.29. The Labute approximate surface area is 127 Å². The zero-order valence-corrected chi connectivity index (χ0v) is 13.0. The molecule has 0 aromatic heterocycles.